The highest BCUT2D eigenvalue weighted by Crippen LogP contribution is 2.31. The molecule has 2 unspecified atom stereocenters. The Morgan fingerprint density at radius 1 is 1.16 bits per heavy atom. The Kier molecular flexibility index (Phi) is 11.2. The molecule has 0 radical (unpaired) electrons. The molecule has 0 bridgehead atoms. The number of ether oxygens (including phenoxy) is 2. The van der Waals surface area contributed by atoms with Gasteiger partial charge in [0.2, 0.25) is 0 Å². The van der Waals surface area contributed by atoms with E-state index in [1.54, 1.807) is 49.6 Å². The number of nitrogens with zero attached hydrogens (tertiary/aromatic N) is 2. The molecule has 2 atom stereocenters. The fourth-order valence-corrected chi connectivity index (χ4v) is 5.86. The first-order valence-corrected chi connectivity index (χ1v) is 16.1. The van der Waals surface area contributed by atoms with Gasteiger partial charge in [-0.05, 0) is 62.1 Å². The quantitative estimate of drug-likeness (QED) is 0.209. The number of anilines is 2. The third kappa shape index (κ3) is 8.92. The number of carbonyl (C=O) groups is 1. The molecule has 1 aliphatic heterocycles. The second kappa shape index (κ2) is 14.9. The van der Waals surface area contributed by atoms with Gasteiger partial charge in [-0.2, -0.15) is 13.2 Å². The number of likely N-dealkylation sites (tertiary alicyclic amines) is 1. The van der Waals surface area contributed by atoms with Crippen molar-refractivity contribution >= 4 is 39.0 Å². The first kappa shape index (κ1) is 33.2. The highest BCUT2D eigenvalue weighted by atomic mass is 32.2. The number of alkyl halides is 3. The molecule has 12 heteroatoms. The zero-order chi connectivity index (χ0) is 31.9. The van der Waals surface area contributed by atoms with Crippen LogP contribution in [0.5, 0.6) is 5.75 Å². The second-order valence-corrected chi connectivity index (χ2v) is 12.2. The molecule has 1 aliphatic rings. The molecule has 0 saturated carbocycles. The molecular formula is C32H39F3N4O4S. The number of benzene rings is 2. The smallest absolute Gasteiger partial charge is 0.406 e. The van der Waals surface area contributed by atoms with E-state index in [1.807, 2.05) is 13.0 Å². The largest absolute Gasteiger partial charge is 0.495 e. The van der Waals surface area contributed by atoms with E-state index in [2.05, 4.69) is 27.4 Å². The lowest BCUT2D eigenvalue weighted by molar-refractivity contribution is -0.148. The number of nitrogens with one attached hydrogen (secondary N) is 2. The van der Waals surface area contributed by atoms with Crippen molar-refractivity contribution in [1.29, 1.82) is 0 Å². The van der Waals surface area contributed by atoms with Gasteiger partial charge in [0.05, 0.1) is 30.6 Å². The van der Waals surface area contributed by atoms with Gasteiger partial charge >= 0.3 is 12.1 Å². The van der Waals surface area contributed by atoms with Crippen molar-refractivity contribution in [2.24, 2.45) is 0 Å². The van der Waals surface area contributed by atoms with Crippen LogP contribution in [0.3, 0.4) is 0 Å². The minimum atomic E-state index is -4.42. The fourth-order valence-electron chi connectivity index (χ4n) is 5.32. The van der Waals surface area contributed by atoms with Gasteiger partial charge in [0, 0.05) is 65.1 Å². The van der Waals surface area contributed by atoms with Crippen LogP contribution < -0.4 is 15.4 Å². The van der Waals surface area contributed by atoms with Crippen LogP contribution in [0.25, 0.3) is 10.9 Å². The summed E-state index contributed by atoms with van der Waals surface area (Å²) in [5, 5.41) is 7.36. The van der Waals surface area contributed by atoms with Crippen molar-refractivity contribution in [3.63, 3.8) is 0 Å². The lowest BCUT2D eigenvalue weighted by Crippen LogP contribution is -2.42. The number of carbonyl (C=O) groups excluding carboxylic acids is 1. The van der Waals surface area contributed by atoms with Gasteiger partial charge in [0.25, 0.3) is 0 Å². The van der Waals surface area contributed by atoms with Gasteiger partial charge in [-0.3, -0.25) is 13.9 Å². The molecule has 1 aromatic heterocycles. The normalized spacial score (nSPS) is 15.7. The third-order valence-corrected chi connectivity index (χ3v) is 8.37. The molecule has 8 nitrogen and oxygen atoms in total. The molecule has 0 amide bonds. The van der Waals surface area contributed by atoms with Crippen LogP contribution in [0.2, 0.25) is 0 Å². The summed E-state index contributed by atoms with van der Waals surface area (Å²) in [6.07, 6.45) is -0.970. The number of rotatable bonds is 11. The van der Waals surface area contributed by atoms with Crippen LogP contribution in [0.4, 0.5) is 24.5 Å². The topological polar surface area (TPSA) is 84.8 Å². The molecule has 0 spiro atoms. The molecule has 2 heterocycles. The van der Waals surface area contributed by atoms with E-state index in [4.69, 9.17) is 9.47 Å². The van der Waals surface area contributed by atoms with Crippen molar-refractivity contribution in [2.45, 2.75) is 62.9 Å². The first-order valence-electron chi connectivity index (χ1n) is 14.6. The van der Waals surface area contributed by atoms with Gasteiger partial charge in [-0.1, -0.05) is 18.9 Å². The fraction of sp³-hybridized carbons (Fsp3) is 0.469. The summed E-state index contributed by atoms with van der Waals surface area (Å²) in [5.41, 5.74) is 2.13. The third-order valence-electron chi connectivity index (χ3n) is 7.46. The number of methoxy groups -OCH3 is 1. The van der Waals surface area contributed by atoms with Crippen LogP contribution >= 0.6 is 0 Å². The van der Waals surface area contributed by atoms with Crippen molar-refractivity contribution in [2.75, 3.05) is 50.2 Å². The standard InChI is InChI=1S/C32H39F3N4O4S/c1-5-31(40)43-22(2)20-38-16-13-23(14-17-38)37-27-9-6-10-29-26(27)18-24(39(29)21-32(33,34)35)8-7-15-36-28-12-11-25(44(4)41)19-30(28)42-3/h6,9-12,18-19,22-23,36-37H,5,13-17,20-21H2,1-4H3. The molecule has 1 fully saturated rings. The van der Waals surface area contributed by atoms with Gasteiger partial charge in [-0.25, -0.2) is 0 Å². The molecule has 1 saturated heterocycles. The maximum atomic E-state index is 13.6. The Hall–Kier alpha value is -3.69. The average Bonchev–Trinajstić information content (AvgIpc) is 3.32. The van der Waals surface area contributed by atoms with E-state index < -0.39 is 23.5 Å². The minimum absolute atomic E-state index is 0.154. The van der Waals surface area contributed by atoms with Gasteiger partial charge in [0.15, 0.2) is 0 Å². The number of piperidine rings is 1. The highest BCUT2D eigenvalue weighted by molar-refractivity contribution is 7.84. The van der Waals surface area contributed by atoms with E-state index in [0.29, 0.717) is 40.2 Å². The predicted molar refractivity (Wildman–Crippen MR) is 168 cm³/mol. The van der Waals surface area contributed by atoms with E-state index in [1.165, 1.54) is 11.7 Å². The van der Waals surface area contributed by atoms with Crippen molar-refractivity contribution < 1.29 is 31.6 Å². The summed E-state index contributed by atoms with van der Waals surface area (Å²) < 4.78 is 64.7. The van der Waals surface area contributed by atoms with Crippen molar-refractivity contribution in [3.8, 4) is 17.6 Å². The Balaban J connectivity index is 1.48. The molecule has 2 N–H and O–H groups in total. The van der Waals surface area contributed by atoms with E-state index in [9.17, 15) is 22.2 Å². The summed E-state index contributed by atoms with van der Waals surface area (Å²) in [5.74, 6) is 6.16. The molecular weight excluding hydrogens is 593 g/mol. The molecule has 238 valence electrons. The summed E-state index contributed by atoms with van der Waals surface area (Å²) >= 11 is 0. The van der Waals surface area contributed by atoms with Crippen LogP contribution in [0.15, 0.2) is 47.4 Å². The Bertz CT molecular complexity index is 1540. The molecule has 2 aromatic carbocycles. The monoisotopic (exact) mass is 632 g/mol. The number of esters is 1. The summed E-state index contributed by atoms with van der Waals surface area (Å²) in [6.45, 7) is 5.00. The van der Waals surface area contributed by atoms with Crippen LogP contribution in [-0.2, 0) is 26.9 Å². The van der Waals surface area contributed by atoms with Crippen molar-refractivity contribution in [1.82, 2.24) is 9.47 Å². The average molecular weight is 633 g/mol. The second-order valence-electron chi connectivity index (χ2n) is 10.8. The Morgan fingerprint density at radius 3 is 2.57 bits per heavy atom. The number of aromatic nitrogens is 1. The number of fused-ring (bicyclic) bond motifs is 1. The SMILES string of the molecule is CCC(=O)OC(C)CN1CCC(Nc2cccc3c2cc(C#CCNc2ccc(S(C)=O)cc2OC)n3CC(F)(F)F)CC1. The Labute approximate surface area is 258 Å². The lowest BCUT2D eigenvalue weighted by Gasteiger charge is -2.34. The zero-order valence-corrected chi connectivity index (χ0v) is 26.2. The van der Waals surface area contributed by atoms with Crippen LogP contribution in [0.1, 0.15) is 38.8 Å². The van der Waals surface area contributed by atoms with Crippen LogP contribution in [0, 0.1) is 11.8 Å². The highest BCUT2D eigenvalue weighted by Gasteiger charge is 2.30. The maximum Gasteiger partial charge on any atom is 0.406 e. The summed E-state index contributed by atoms with van der Waals surface area (Å²) in [6, 6.07) is 12.3. The molecule has 44 heavy (non-hydrogen) atoms. The zero-order valence-electron chi connectivity index (χ0n) is 25.4. The van der Waals surface area contributed by atoms with E-state index in [0.717, 1.165) is 31.6 Å². The van der Waals surface area contributed by atoms with Gasteiger partial charge in [-0.15, -0.1) is 0 Å². The lowest BCUT2D eigenvalue weighted by atomic mass is 10.0. The minimum Gasteiger partial charge on any atom is -0.495 e. The molecule has 0 aliphatic carbocycles. The first-order chi connectivity index (χ1) is 21.0. The molecule has 4 rings (SSSR count). The van der Waals surface area contributed by atoms with E-state index in [-0.39, 0.29) is 30.4 Å². The van der Waals surface area contributed by atoms with Crippen molar-refractivity contribution in [3.05, 3.63) is 48.2 Å². The summed E-state index contributed by atoms with van der Waals surface area (Å²) in [7, 11) is 0.342. The van der Waals surface area contributed by atoms with E-state index >= 15 is 0 Å². The number of hydrogen-bond acceptors (Lipinski definition) is 7. The van der Waals surface area contributed by atoms with Crippen LogP contribution in [-0.4, -0.2) is 77.5 Å². The number of halogens is 3. The van der Waals surface area contributed by atoms with Gasteiger partial charge in [0.1, 0.15) is 18.4 Å². The maximum absolute atomic E-state index is 13.6. The summed E-state index contributed by atoms with van der Waals surface area (Å²) in [4.78, 5) is 14.5. The Morgan fingerprint density at radius 2 is 1.91 bits per heavy atom. The van der Waals surface area contributed by atoms with Gasteiger partial charge < -0.3 is 24.7 Å². The number of hydrogen-bond donors (Lipinski definition) is 2. The predicted octanol–water partition coefficient (Wildman–Crippen LogP) is 5.63. The molecule has 3 aromatic rings.